The lowest BCUT2D eigenvalue weighted by atomic mass is 10.2. The maximum Gasteiger partial charge on any atom is 0.319 e. The van der Waals surface area contributed by atoms with Crippen LogP contribution < -0.4 is 15.5 Å². The van der Waals surface area contributed by atoms with E-state index in [2.05, 4.69) is 30.4 Å². The molecule has 1 saturated heterocycles. The van der Waals surface area contributed by atoms with Gasteiger partial charge < -0.3 is 25.2 Å². The van der Waals surface area contributed by atoms with Crippen LogP contribution in [0.5, 0.6) is 0 Å². The lowest BCUT2D eigenvalue weighted by Crippen LogP contribution is -2.37. The molecule has 3 rings (SSSR count). The van der Waals surface area contributed by atoms with Gasteiger partial charge in [-0.1, -0.05) is 0 Å². The summed E-state index contributed by atoms with van der Waals surface area (Å²) in [6, 6.07) is 8.63. The first-order chi connectivity index (χ1) is 15.7. The second-order valence-electron chi connectivity index (χ2n) is 8.33. The van der Waals surface area contributed by atoms with Gasteiger partial charge in [0.05, 0.1) is 24.7 Å². The average Bonchev–Trinajstić information content (AvgIpc) is 2.76. The number of benzene rings is 1. The zero-order valence-corrected chi connectivity index (χ0v) is 20.2. The molecule has 0 aliphatic carbocycles. The molecule has 2 heterocycles. The molecule has 1 aromatic carbocycles. The fourth-order valence-corrected chi connectivity index (χ4v) is 4.07. The molecule has 1 aliphatic rings. The molecule has 33 heavy (non-hydrogen) atoms. The van der Waals surface area contributed by atoms with Crippen LogP contribution in [0.4, 0.5) is 16.3 Å². The lowest BCUT2D eigenvalue weighted by molar-refractivity contribution is 0.122. The Labute approximate surface area is 195 Å². The largest absolute Gasteiger partial charge is 0.378 e. The van der Waals surface area contributed by atoms with E-state index in [1.807, 2.05) is 26.2 Å². The number of hydrogen-bond acceptors (Lipinski definition) is 8. The molecule has 0 bridgehead atoms. The predicted octanol–water partition coefficient (Wildman–Crippen LogP) is 1.60. The number of rotatable bonds is 9. The Morgan fingerprint density at radius 1 is 1.15 bits per heavy atom. The van der Waals surface area contributed by atoms with Gasteiger partial charge in [0.1, 0.15) is 5.82 Å². The highest BCUT2D eigenvalue weighted by Crippen LogP contribution is 2.23. The van der Waals surface area contributed by atoms with Crippen LogP contribution in [0.1, 0.15) is 12.1 Å². The highest BCUT2D eigenvalue weighted by molar-refractivity contribution is 7.89. The van der Waals surface area contributed by atoms with Gasteiger partial charge in [-0.15, -0.1) is 0 Å². The number of aromatic nitrogens is 2. The molecule has 0 saturated carbocycles. The Hall–Kier alpha value is -2.76. The summed E-state index contributed by atoms with van der Waals surface area (Å²) in [4.78, 5) is 25.4. The minimum Gasteiger partial charge on any atom is -0.378 e. The predicted molar refractivity (Wildman–Crippen MR) is 129 cm³/mol. The molecule has 0 unspecified atom stereocenters. The van der Waals surface area contributed by atoms with Crippen molar-refractivity contribution in [1.29, 1.82) is 0 Å². The monoisotopic (exact) mass is 476 g/mol. The summed E-state index contributed by atoms with van der Waals surface area (Å²) in [5, 5.41) is 5.64. The minimum absolute atomic E-state index is 0.159. The van der Waals surface area contributed by atoms with Crippen molar-refractivity contribution in [2.45, 2.75) is 12.2 Å². The van der Waals surface area contributed by atoms with E-state index in [4.69, 9.17) is 4.74 Å². The molecule has 2 amide bonds. The third kappa shape index (κ3) is 8.26. The summed E-state index contributed by atoms with van der Waals surface area (Å²) >= 11 is 0. The summed E-state index contributed by atoms with van der Waals surface area (Å²) in [5.41, 5.74) is 1.82. The number of amides is 2. The fraction of sp³-hybridized carbons (Fsp3) is 0.500. The Morgan fingerprint density at radius 2 is 1.85 bits per heavy atom. The van der Waals surface area contributed by atoms with E-state index in [1.165, 1.54) is 6.26 Å². The van der Waals surface area contributed by atoms with E-state index in [9.17, 15) is 13.2 Å². The average molecular weight is 477 g/mol. The third-order valence-electron chi connectivity index (χ3n) is 4.98. The molecule has 11 heteroatoms. The van der Waals surface area contributed by atoms with Crippen molar-refractivity contribution in [2.24, 2.45) is 0 Å². The molecule has 180 valence electrons. The molecule has 0 spiro atoms. The number of morpholine rings is 1. The van der Waals surface area contributed by atoms with Gasteiger partial charge in [0.25, 0.3) is 0 Å². The van der Waals surface area contributed by atoms with Gasteiger partial charge in [0.15, 0.2) is 15.7 Å². The van der Waals surface area contributed by atoms with Crippen molar-refractivity contribution in [1.82, 2.24) is 20.2 Å². The van der Waals surface area contributed by atoms with Gasteiger partial charge in [0.2, 0.25) is 0 Å². The Bertz CT molecular complexity index is 1040. The number of hydrogen-bond donors (Lipinski definition) is 2. The minimum atomic E-state index is -3.25. The zero-order chi connectivity index (χ0) is 23.8. The van der Waals surface area contributed by atoms with Crippen molar-refractivity contribution in [3.05, 3.63) is 36.0 Å². The number of carbonyl (C=O) groups excluding carboxylic acids is 1. The van der Waals surface area contributed by atoms with Gasteiger partial charge in [0, 0.05) is 43.2 Å². The topological polar surface area (TPSA) is 117 Å². The number of carbonyl (C=O) groups is 1. The van der Waals surface area contributed by atoms with Gasteiger partial charge in [-0.2, -0.15) is 0 Å². The Morgan fingerprint density at radius 3 is 2.48 bits per heavy atom. The van der Waals surface area contributed by atoms with E-state index < -0.39 is 9.84 Å². The van der Waals surface area contributed by atoms with E-state index in [0.29, 0.717) is 55.9 Å². The lowest BCUT2D eigenvalue weighted by Gasteiger charge is -2.28. The van der Waals surface area contributed by atoms with Crippen LogP contribution in [-0.4, -0.2) is 89.1 Å². The molecule has 1 aliphatic heterocycles. The van der Waals surface area contributed by atoms with Crippen molar-refractivity contribution >= 4 is 27.4 Å². The van der Waals surface area contributed by atoms with E-state index in [1.54, 1.807) is 18.2 Å². The molecule has 2 N–H and O–H groups in total. The van der Waals surface area contributed by atoms with Gasteiger partial charge in [-0.3, -0.25) is 0 Å². The first-order valence-electron chi connectivity index (χ1n) is 10.9. The molecular formula is C22H32N6O4S. The first kappa shape index (κ1) is 24.9. The molecular weight excluding hydrogens is 444 g/mol. The van der Waals surface area contributed by atoms with Crippen LogP contribution in [0.15, 0.2) is 30.3 Å². The Balaban J connectivity index is 1.73. The summed E-state index contributed by atoms with van der Waals surface area (Å²) in [5.74, 6) is 0.964. The normalized spacial score (nSPS) is 14.4. The molecule has 0 radical (unpaired) electrons. The number of ether oxygens (including phenoxy) is 1. The highest BCUT2D eigenvalue weighted by atomic mass is 32.2. The fourth-order valence-electron chi connectivity index (χ4n) is 3.38. The molecule has 2 aromatic rings. The second kappa shape index (κ2) is 11.4. The van der Waals surface area contributed by atoms with Crippen LogP contribution in [0.25, 0.3) is 11.4 Å². The van der Waals surface area contributed by atoms with E-state index >= 15 is 0 Å². The number of nitrogens with one attached hydrogen (secondary N) is 2. The molecule has 1 aromatic heterocycles. The van der Waals surface area contributed by atoms with E-state index in [-0.39, 0.29) is 11.8 Å². The van der Waals surface area contributed by atoms with Crippen molar-refractivity contribution < 1.29 is 17.9 Å². The maximum atomic E-state index is 12.1. The van der Waals surface area contributed by atoms with Crippen molar-refractivity contribution in [3.8, 4) is 11.4 Å². The summed E-state index contributed by atoms with van der Waals surface area (Å²) in [7, 11) is 0.735. The van der Waals surface area contributed by atoms with Crippen LogP contribution in [0, 0.1) is 0 Å². The molecule has 1 fully saturated rings. The standard InChI is InChI=1S/C22H32N6O4S/c1-27(2)10-4-9-23-22(29)25-18-7-5-17(6-8-18)21-24-19(16-33(3,30)31)15-20(26-21)28-11-13-32-14-12-28/h5-8,15H,4,9-14,16H2,1-3H3,(H2,23,25,29). The van der Waals surface area contributed by atoms with Gasteiger partial charge >= 0.3 is 6.03 Å². The smallest absolute Gasteiger partial charge is 0.319 e. The third-order valence-corrected chi connectivity index (χ3v) is 5.80. The highest BCUT2D eigenvalue weighted by Gasteiger charge is 2.17. The molecule has 0 atom stereocenters. The van der Waals surface area contributed by atoms with Crippen molar-refractivity contribution in [2.75, 3.05) is 70.0 Å². The maximum absolute atomic E-state index is 12.1. The Kier molecular flexibility index (Phi) is 8.59. The van der Waals surface area contributed by atoms with Crippen LogP contribution in [0.3, 0.4) is 0 Å². The summed E-state index contributed by atoms with van der Waals surface area (Å²) < 4.78 is 29.1. The van der Waals surface area contributed by atoms with Gasteiger partial charge in [-0.25, -0.2) is 23.2 Å². The zero-order valence-electron chi connectivity index (χ0n) is 19.4. The van der Waals surface area contributed by atoms with Crippen LogP contribution in [-0.2, 0) is 20.3 Å². The van der Waals surface area contributed by atoms with E-state index in [0.717, 1.165) is 18.5 Å². The van der Waals surface area contributed by atoms with Crippen LogP contribution >= 0.6 is 0 Å². The molecule has 10 nitrogen and oxygen atoms in total. The number of urea groups is 1. The van der Waals surface area contributed by atoms with Crippen molar-refractivity contribution in [3.63, 3.8) is 0 Å². The number of sulfone groups is 1. The summed E-state index contributed by atoms with van der Waals surface area (Å²) in [6.45, 7) is 4.05. The number of anilines is 2. The number of nitrogens with zero attached hydrogens (tertiary/aromatic N) is 4. The SMILES string of the molecule is CN(C)CCCNC(=O)Nc1ccc(-c2nc(CS(C)(=O)=O)cc(N3CCOCC3)n2)cc1. The quantitative estimate of drug-likeness (QED) is 0.524. The van der Waals surface area contributed by atoms with Crippen LogP contribution in [0.2, 0.25) is 0 Å². The summed E-state index contributed by atoms with van der Waals surface area (Å²) in [6.07, 6.45) is 2.06. The second-order valence-corrected chi connectivity index (χ2v) is 10.5. The van der Waals surface area contributed by atoms with Gasteiger partial charge in [-0.05, 0) is 51.3 Å². The first-order valence-corrected chi connectivity index (χ1v) is 12.9.